The van der Waals surface area contributed by atoms with Gasteiger partial charge in [-0.15, -0.1) is 11.8 Å². The summed E-state index contributed by atoms with van der Waals surface area (Å²) < 4.78 is 0. The normalized spacial score (nSPS) is 11.7. The number of benzene rings is 4. The molecule has 2 N–H and O–H groups in total. The summed E-state index contributed by atoms with van der Waals surface area (Å²) in [5.74, 6) is -0.317. The second kappa shape index (κ2) is 12.0. The summed E-state index contributed by atoms with van der Waals surface area (Å²) in [6.45, 7) is 4.08. The number of nitrogens with one attached hydrogen (secondary N) is 2. The average molecular weight is 493 g/mol. The Morgan fingerprint density at radius 3 is 2.14 bits per heavy atom. The van der Waals surface area contributed by atoms with E-state index in [1.54, 1.807) is 6.08 Å². The third kappa shape index (κ3) is 6.96. The van der Waals surface area contributed by atoms with Gasteiger partial charge in [0.25, 0.3) is 0 Å². The van der Waals surface area contributed by atoms with E-state index in [9.17, 15) is 9.59 Å². The van der Waals surface area contributed by atoms with Crippen molar-refractivity contribution in [1.29, 1.82) is 0 Å². The van der Waals surface area contributed by atoms with Crippen molar-refractivity contribution in [3.63, 3.8) is 0 Å². The number of hydrogen-bond acceptors (Lipinski definition) is 3. The lowest BCUT2D eigenvalue weighted by Crippen LogP contribution is -2.19. The molecule has 0 bridgehead atoms. The highest BCUT2D eigenvalue weighted by Gasteiger charge is 2.22. The van der Waals surface area contributed by atoms with Crippen LogP contribution in [-0.4, -0.2) is 11.8 Å². The highest BCUT2D eigenvalue weighted by atomic mass is 32.2. The Labute approximate surface area is 216 Å². The molecule has 1 atom stereocenters. The number of anilines is 2. The number of thioether (sulfide) groups is 1. The number of carbonyl (C=O) groups excluding carboxylic acids is 2. The number of hydrogen-bond donors (Lipinski definition) is 2. The summed E-state index contributed by atoms with van der Waals surface area (Å²) in [5, 5.41) is 5.51. The van der Waals surface area contributed by atoms with Crippen molar-refractivity contribution in [3.05, 3.63) is 131 Å². The van der Waals surface area contributed by atoms with Crippen LogP contribution in [0.1, 0.15) is 27.5 Å². The molecule has 36 heavy (non-hydrogen) atoms. The first-order valence-corrected chi connectivity index (χ1v) is 12.6. The van der Waals surface area contributed by atoms with E-state index in [0.717, 1.165) is 27.3 Å². The minimum Gasteiger partial charge on any atom is -0.325 e. The second-order valence-electron chi connectivity index (χ2n) is 8.46. The predicted octanol–water partition coefficient (Wildman–Crippen LogP) is 7.43. The molecular formula is C31H28N2O2S. The van der Waals surface area contributed by atoms with Gasteiger partial charge in [-0.2, -0.15) is 0 Å². The van der Waals surface area contributed by atoms with E-state index >= 15 is 0 Å². The molecule has 0 heterocycles. The Hall–Kier alpha value is -4.09. The van der Waals surface area contributed by atoms with Crippen LogP contribution in [0, 0.1) is 13.8 Å². The van der Waals surface area contributed by atoms with E-state index in [-0.39, 0.29) is 11.8 Å². The molecule has 0 fully saturated rings. The number of aryl methyl sites for hydroxylation is 2. The third-order valence-corrected chi connectivity index (χ3v) is 6.95. The van der Waals surface area contributed by atoms with Gasteiger partial charge in [-0.1, -0.05) is 72.8 Å². The summed E-state index contributed by atoms with van der Waals surface area (Å²) in [4.78, 5) is 26.7. The fraction of sp³-hybridized carbons (Fsp3) is 0.0968. The summed E-state index contributed by atoms with van der Waals surface area (Å²) >= 11 is 1.45. The zero-order valence-corrected chi connectivity index (χ0v) is 21.1. The van der Waals surface area contributed by atoms with Crippen LogP contribution in [-0.2, 0) is 9.59 Å². The maximum atomic E-state index is 13.4. The standard InChI is InChI=1S/C31H28N2O2S/c1-22-16-18-27(20-23(22)2)33-31(35)30(25-12-7-4-8-13-25)36-28-15-9-14-26(21-28)32-29(34)19-17-24-10-5-3-6-11-24/h3-21,30H,1-2H3,(H,32,34)(H,33,35)/b19-17+. The van der Waals surface area contributed by atoms with Crippen molar-refractivity contribution in [3.8, 4) is 0 Å². The van der Waals surface area contributed by atoms with Crippen LogP contribution < -0.4 is 10.6 Å². The van der Waals surface area contributed by atoms with Crippen molar-refractivity contribution in [2.75, 3.05) is 10.6 Å². The first kappa shape index (κ1) is 25.0. The number of rotatable bonds is 8. The Morgan fingerprint density at radius 1 is 0.722 bits per heavy atom. The van der Waals surface area contributed by atoms with Crippen molar-refractivity contribution < 1.29 is 9.59 Å². The van der Waals surface area contributed by atoms with Gasteiger partial charge < -0.3 is 10.6 Å². The molecular weight excluding hydrogens is 464 g/mol. The van der Waals surface area contributed by atoms with Crippen molar-refractivity contribution >= 4 is 41.0 Å². The maximum absolute atomic E-state index is 13.4. The van der Waals surface area contributed by atoms with Gasteiger partial charge in [-0.3, -0.25) is 9.59 Å². The maximum Gasteiger partial charge on any atom is 0.248 e. The molecule has 4 rings (SSSR count). The summed E-state index contributed by atoms with van der Waals surface area (Å²) in [5.41, 5.74) is 5.61. The molecule has 0 aromatic heterocycles. The topological polar surface area (TPSA) is 58.2 Å². The molecule has 0 aliphatic carbocycles. The van der Waals surface area contributed by atoms with Crippen LogP contribution in [0.2, 0.25) is 0 Å². The van der Waals surface area contributed by atoms with Crippen molar-refractivity contribution in [2.45, 2.75) is 24.0 Å². The van der Waals surface area contributed by atoms with Gasteiger partial charge in [0, 0.05) is 22.3 Å². The van der Waals surface area contributed by atoms with Gasteiger partial charge in [0.1, 0.15) is 5.25 Å². The summed E-state index contributed by atoms with van der Waals surface area (Å²) in [6.07, 6.45) is 3.29. The molecule has 0 saturated heterocycles. The molecule has 0 spiro atoms. The Morgan fingerprint density at radius 2 is 1.42 bits per heavy atom. The first-order chi connectivity index (χ1) is 17.5. The Kier molecular flexibility index (Phi) is 8.37. The van der Waals surface area contributed by atoms with Gasteiger partial charge in [0.15, 0.2) is 0 Å². The predicted molar refractivity (Wildman–Crippen MR) is 150 cm³/mol. The summed E-state index contributed by atoms with van der Waals surface area (Å²) in [6, 6.07) is 32.8. The highest BCUT2D eigenvalue weighted by Crippen LogP contribution is 2.37. The lowest BCUT2D eigenvalue weighted by atomic mass is 10.1. The molecule has 1 unspecified atom stereocenters. The molecule has 180 valence electrons. The van der Waals surface area contributed by atoms with Gasteiger partial charge in [0.2, 0.25) is 11.8 Å². The van der Waals surface area contributed by atoms with Crippen LogP contribution in [0.3, 0.4) is 0 Å². The van der Waals surface area contributed by atoms with E-state index in [0.29, 0.717) is 5.69 Å². The highest BCUT2D eigenvalue weighted by molar-refractivity contribution is 8.00. The Balaban J connectivity index is 1.49. The Bertz CT molecular complexity index is 1370. The average Bonchev–Trinajstić information content (AvgIpc) is 2.89. The quantitative estimate of drug-likeness (QED) is 0.199. The molecule has 0 radical (unpaired) electrons. The van der Waals surface area contributed by atoms with Crippen molar-refractivity contribution in [2.24, 2.45) is 0 Å². The molecule has 5 heteroatoms. The van der Waals surface area contributed by atoms with Crippen LogP contribution in [0.4, 0.5) is 11.4 Å². The molecule has 4 aromatic rings. The second-order valence-corrected chi connectivity index (χ2v) is 9.64. The zero-order chi connectivity index (χ0) is 25.3. The van der Waals surface area contributed by atoms with E-state index in [1.165, 1.54) is 23.4 Å². The molecule has 2 amide bonds. The van der Waals surface area contributed by atoms with Gasteiger partial charge in [-0.05, 0) is 72.5 Å². The van der Waals surface area contributed by atoms with Crippen molar-refractivity contribution in [1.82, 2.24) is 0 Å². The molecule has 4 nitrogen and oxygen atoms in total. The minimum absolute atomic E-state index is 0.102. The lowest BCUT2D eigenvalue weighted by Gasteiger charge is -2.18. The van der Waals surface area contributed by atoms with Crippen LogP contribution in [0.5, 0.6) is 0 Å². The third-order valence-electron chi connectivity index (χ3n) is 5.70. The van der Waals surface area contributed by atoms with Crippen LogP contribution in [0.25, 0.3) is 6.08 Å². The van der Waals surface area contributed by atoms with E-state index in [1.807, 2.05) is 117 Å². The van der Waals surface area contributed by atoms with Crippen LogP contribution >= 0.6 is 11.8 Å². The smallest absolute Gasteiger partial charge is 0.248 e. The zero-order valence-electron chi connectivity index (χ0n) is 20.3. The molecule has 0 aliphatic heterocycles. The SMILES string of the molecule is Cc1ccc(NC(=O)C(Sc2cccc(NC(=O)/C=C/c3ccccc3)c2)c2ccccc2)cc1C. The largest absolute Gasteiger partial charge is 0.325 e. The molecule has 0 saturated carbocycles. The van der Waals surface area contributed by atoms with Gasteiger partial charge >= 0.3 is 0 Å². The minimum atomic E-state index is -0.461. The lowest BCUT2D eigenvalue weighted by molar-refractivity contribution is -0.116. The van der Waals surface area contributed by atoms with E-state index < -0.39 is 5.25 Å². The van der Waals surface area contributed by atoms with Gasteiger partial charge in [-0.25, -0.2) is 0 Å². The summed E-state index contributed by atoms with van der Waals surface area (Å²) in [7, 11) is 0. The monoisotopic (exact) mass is 492 g/mol. The first-order valence-electron chi connectivity index (χ1n) is 11.7. The van der Waals surface area contributed by atoms with E-state index in [4.69, 9.17) is 0 Å². The molecule has 4 aromatic carbocycles. The fourth-order valence-corrected chi connectivity index (χ4v) is 4.71. The fourth-order valence-electron chi connectivity index (χ4n) is 3.63. The molecule has 0 aliphatic rings. The number of carbonyl (C=O) groups is 2. The van der Waals surface area contributed by atoms with Crippen LogP contribution in [0.15, 0.2) is 114 Å². The number of amides is 2. The van der Waals surface area contributed by atoms with Gasteiger partial charge in [0.05, 0.1) is 0 Å². The van der Waals surface area contributed by atoms with E-state index in [2.05, 4.69) is 10.6 Å².